The summed E-state index contributed by atoms with van der Waals surface area (Å²) in [5.41, 5.74) is 0.689. The molecule has 0 N–H and O–H groups in total. The third-order valence-corrected chi connectivity index (χ3v) is 2.73. The topological polar surface area (TPSA) is 26.3 Å². The number of Topliss-reactive ketones (excluding diaryl/α,β-unsaturated/α-hetero) is 1. The predicted octanol–water partition coefficient (Wildman–Crippen LogP) is 3.66. The second kappa shape index (κ2) is 6.92. The Morgan fingerprint density at radius 3 is 2.56 bits per heavy atom. The lowest BCUT2D eigenvalue weighted by Crippen LogP contribution is -2.09. The maximum Gasteiger partial charge on any atom is 0.176 e. The molecule has 0 saturated heterocycles. The molecule has 1 atom stereocenters. The average Bonchev–Trinajstić information content (AvgIpc) is 2.29. The van der Waals surface area contributed by atoms with Crippen LogP contribution in [0.4, 0.5) is 0 Å². The minimum absolute atomic E-state index is 0.0762. The molecule has 88 valence electrons. The van der Waals surface area contributed by atoms with Crippen LogP contribution in [0.1, 0.15) is 23.7 Å². The van der Waals surface area contributed by atoms with Crippen molar-refractivity contribution in [2.75, 3.05) is 12.5 Å². The van der Waals surface area contributed by atoms with Gasteiger partial charge in [0.05, 0.1) is 11.4 Å². The molecule has 1 aromatic carbocycles. The molecule has 16 heavy (non-hydrogen) atoms. The van der Waals surface area contributed by atoms with Crippen LogP contribution in [0.2, 0.25) is 0 Å². The number of hydrogen-bond acceptors (Lipinski definition) is 2. The monoisotopic (exact) mass is 304 g/mol. The van der Waals surface area contributed by atoms with E-state index in [1.165, 1.54) is 0 Å². The van der Waals surface area contributed by atoms with E-state index in [4.69, 9.17) is 16.3 Å². The molecule has 0 saturated carbocycles. The number of ketones is 1. The Morgan fingerprint density at radius 1 is 1.44 bits per heavy atom. The van der Waals surface area contributed by atoms with E-state index in [1.54, 1.807) is 24.3 Å². The highest BCUT2D eigenvalue weighted by molar-refractivity contribution is 9.10. The Hall–Kier alpha value is -0.540. The molecule has 0 aromatic heterocycles. The van der Waals surface area contributed by atoms with E-state index in [0.717, 1.165) is 12.2 Å². The van der Waals surface area contributed by atoms with Crippen LogP contribution in [0.3, 0.4) is 0 Å². The fourth-order valence-electron chi connectivity index (χ4n) is 1.19. The normalized spacial score (nSPS) is 12.2. The molecule has 1 aromatic rings. The van der Waals surface area contributed by atoms with Gasteiger partial charge < -0.3 is 4.74 Å². The summed E-state index contributed by atoms with van der Waals surface area (Å²) in [5.74, 6) is 1.44. The Bertz CT molecular complexity index is 335. The van der Waals surface area contributed by atoms with Gasteiger partial charge in [0.15, 0.2) is 5.78 Å². The van der Waals surface area contributed by atoms with Crippen LogP contribution < -0.4 is 4.74 Å². The zero-order valence-corrected chi connectivity index (χ0v) is 11.4. The van der Waals surface area contributed by atoms with Crippen molar-refractivity contribution in [3.05, 3.63) is 29.8 Å². The molecular formula is C12H14BrClO2. The summed E-state index contributed by atoms with van der Waals surface area (Å²) >= 11 is 8.79. The highest BCUT2D eigenvalue weighted by Crippen LogP contribution is 2.15. The Kier molecular flexibility index (Phi) is 5.85. The molecule has 2 nitrogen and oxygen atoms in total. The first-order valence-electron chi connectivity index (χ1n) is 5.12. The van der Waals surface area contributed by atoms with Gasteiger partial charge in [-0.15, -0.1) is 11.6 Å². The molecule has 0 amide bonds. The smallest absolute Gasteiger partial charge is 0.176 e. The van der Waals surface area contributed by atoms with Crippen molar-refractivity contribution < 1.29 is 9.53 Å². The van der Waals surface area contributed by atoms with E-state index in [1.807, 2.05) is 6.92 Å². The fourth-order valence-corrected chi connectivity index (χ4v) is 1.56. The van der Waals surface area contributed by atoms with Crippen LogP contribution in [0.5, 0.6) is 5.75 Å². The van der Waals surface area contributed by atoms with Gasteiger partial charge in [0, 0.05) is 11.4 Å². The highest BCUT2D eigenvalue weighted by Gasteiger charge is 2.11. The molecule has 0 spiro atoms. The first-order valence-corrected chi connectivity index (χ1v) is 6.57. The van der Waals surface area contributed by atoms with E-state index in [2.05, 4.69) is 15.9 Å². The van der Waals surface area contributed by atoms with Crippen LogP contribution in [-0.4, -0.2) is 23.1 Å². The summed E-state index contributed by atoms with van der Waals surface area (Å²) in [6, 6.07) is 7.15. The fraction of sp³-hybridized carbons (Fsp3) is 0.417. The number of carbonyl (C=O) groups is 1. The number of rotatable bonds is 6. The van der Waals surface area contributed by atoms with Gasteiger partial charge in [0.1, 0.15) is 5.75 Å². The van der Waals surface area contributed by atoms with Crippen molar-refractivity contribution in [3.8, 4) is 5.75 Å². The number of carbonyl (C=O) groups excluding carboxylic acids is 1. The van der Waals surface area contributed by atoms with E-state index in [9.17, 15) is 4.79 Å². The molecule has 0 fully saturated rings. The van der Waals surface area contributed by atoms with Crippen molar-refractivity contribution in [1.82, 2.24) is 0 Å². The molecule has 0 aliphatic heterocycles. The van der Waals surface area contributed by atoms with Gasteiger partial charge in [-0.1, -0.05) is 15.9 Å². The van der Waals surface area contributed by atoms with Gasteiger partial charge in [-0.05, 0) is 37.6 Å². The Labute approximate surface area is 109 Å². The molecule has 0 heterocycles. The summed E-state index contributed by atoms with van der Waals surface area (Å²) in [6.07, 6.45) is 0.820. The second-order valence-electron chi connectivity index (χ2n) is 3.40. The second-order valence-corrected chi connectivity index (χ2v) is 5.15. The zero-order valence-electron chi connectivity index (χ0n) is 9.08. The Balaban J connectivity index is 2.57. The summed E-state index contributed by atoms with van der Waals surface area (Å²) < 4.78 is 5.43. The molecule has 1 rings (SSSR count). The largest absolute Gasteiger partial charge is 0.494 e. The summed E-state index contributed by atoms with van der Waals surface area (Å²) in [7, 11) is 0. The van der Waals surface area contributed by atoms with Crippen LogP contribution >= 0.6 is 27.5 Å². The van der Waals surface area contributed by atoms with Crippen LogP contribution in [0.25, 0.3) is 0 Å². The first-order chi connectivity index (χ1) is 7.65. The lowest BCUT2D eigenvalue weighted by Gasteiger charge is -2.06. The van der Waals surface area contributed by atoms with E-state index in [0.29, 0.717) is 18.1 Å². The molecular weight excluding hydrogens is 291 g/mol. The molecule has 1 unspecified atom stereocenters. The van der Waals surface area contributed by atoms with Crippen molar-refractivity contribution in [1.29, 1.82) is 0 Å². The third-order valence-electron chi connectivity index (χ3n) is 2.05. The number of ether oxygens (including phenoxy) is 1. The Morgan fingerprint density at radius 2 is 2.06 bits per heavy atom. The number of halogens is 2. The van der Waals surface area contributed by atoms with Crippen molar-refractivity contribution in [2.45, 2.75) is 18.2 Å². The van der Waals surface area contributed by atoms with E-state index < -0.39 is 0 Å². The molecule has 4 heteroatoms. The summed E-state index contributed by atoms with van der Waals surface area (Å²) in [4.78, 5) is 11.5. The summed E-state index contributed by atoms with van der Waals surface area (Å²) in [6.45, 7) is 2.42. The first kappa shape index (κ1) is 13.5. The van der Waals surface area contributed by atoms with Crippen LogP contribution in [-0.2, 0) is 0 Å². The number of alkyl halides is 2. The zero-order chi connectivity index (χ0) is 12.0. The lowest BCUT2D eigenvalue weighted by atomic mass is 10.1. The van der Waals surface area contributed by atoms with E-state index >= 15 is 0 Å². The SMILES string of the molecule is CC(Br)C(=O)c1ccc(OCCCCl)cc1. The van der Waals surface area contributed by atoms with Gasteiger partial charge in [0.25, 0.3) is 0 Å². The standard InChI is InChI=1S/C12H14BrClO2/c1-9(13)12(15)10-3-5-11(6-4-10)16-8-2-7-14/h3-6,9H,2,7-8H2,1H3. The van der Waals surface area contributed by atoms with Gasteiger partial charge in [0.2, 0.25) is 0 Å². The lowest BCUT2D eigenvalue weighted by molar-refractivity contribution is 0.0996. The average molecular weight is 306 g/mol. The quantitative estimate of drug-likeness (QED) is 0.455. The van der Waals surface area contributed by atoms with E-state index in [-0.39, 0.29) is 10.6 Å². The van der Waals surface area contributed by atoms with Gasteiger partial charge in [-0.3, -0.25) is 4.79 Å². The molecule has 0 aliphatic carbocycles. The van der Waals surface area contributed by atoms with Crippen LogP contribution in [0.15, 0.2) is 24.3 Å². The molecule has 0 radical (unpaired) electrons. The highest BCUT2D eigenvalue weighted by atomic mass is 79.9. The third kappa shape index (κ3) is 4.14. The molecule has 0 bridgehead atoms. The minimum atomic E-state index is -0.157. The van der Waals surface area contributed by atoms with Crippen molar-refractivity contribution in [3.63, 3.8) is 0 Å². The van der Waals surface area contributed by atoms with Gasteiger partial charge >= 0.3 is 0 Å². The number of hydrogen-bond donors (Lipinski definition) is 0. The number of benzene rings is 1. The van der Waals surface area contributed by atoms with Crippen molar-refractivity contribution in [2.24, 2.45) is 0 Å². The van der Waals surface area contributed by atoms with Gasteiger partial charge in [-0.25, -0.2) is 0 Å². The minimum Gasteiger partial charge on any atom is -0.494 e. The predicted molar refractivity (Wildman–Crippen MR) is 70.0 cm³/mol. The maximum atomic E-state index is 11.6. The van der Waals surface area contributed by atoms with Crippen LogP contribution in [0, 0.1) is 0 Å². The maximum absolute atomic E-state index is 11.6. The molecule has 0 aliphatic rings. The summed E-state index contributed by atoms with van der Waals surface area (Å²) in [5, 5.41) is 0. The van der Waals surface area contributed by atoms with Gasteiger partial charge in [-0.2, -0.15) is 0 Å². The van der Waals surface area contributed by atoms with Crippen molar-refractivity contribution >= 4 is 33.3 Å².